The predicted octanol–water partition coefficient (Wildman–Crippen LogP) is 4.71. The first-order chi connectivity index (χ1) is 11.1. The number of amides is 1. The Balaban J connectivity index is 2.21. The Hall–Kier alpha value is -1.23. The van der Waals surface area contributed by atoms with E-state index in [2.05, 4.69) is 67.6 Å². The molecule has 132 valence electrons. The Morgan fingerprint density at radius 3 is 2.54 bits per heavy atom. The van der Waals surface area contributed by atoms with E-state index in [1.807, 2.05) is 0 Å². The molecule has 2 aliphatic rings. The van der Waals surface area contributed by atoms with Crippen molar-refractivity contribution in [2.24, 2.45) is 5.41 Å². The zero-order chi connectivity index (χ0) is 17.8. The molecule has 1 N–H and O–H groups in total. The molecule has 3 rings (SSSR count). The Morgan fingerprint density at radius 2 is 2.00 bits per heavy atom. The molecule has 1 amide bonds. The lowest BCUT2D eigenvalue weighted by molar-refractivity contribution is 0.137. The lowest BCUT2D eigenvalue weighted by atomic mass is 9.77. The monoisotopic (exact) mass is 394 g/mol. The van der Waals surface area contributed by atoms with Crippen LogP contribution in [0.1, 0.15) is 51.7 Å². The highest BCUT2D eigenvalue weighted by Gasteiger charge is 2.48. The summed E-state index contributed by atoms with van der Waals surface area (Å²) in [5.74, 6) is 0.216. The number of anilines is 1. The van der Waals surface area contributed by atoms with E-state index in [9.17, 15) is 9.90 Å². The van der Waals surface area contributed by atoms with Crippen LogP contribution in [0.15, 0.2) is 16.6 Å². The minimum Gasteiger partial charge on any atom is -0.465 e. The van der Waals surface area contributed by atoms with E-state index in [0.29, 0.717) is 25.2 Å². The van der Waals surface area contributed by atoms with E-state index in [4.69, 9.17) is 0 Å². The lowest BCUT2D eigenvalue weighted by Gasteiger charge is -2.42. The molecule has 1 unspecified atom stereocenters. The highest BCUT2D eigenvalue weighted by atomic mass is 79.9. The highest BCUT2D eigenvalue weighted by molar-refractivity contribution is 9.10. The maximum Gasteiger partial charge on any atom is 0.407 e. The van der Waals surface area contributed by atoms with E-state index in [1.165, 1.54) is 16.8 Å². The van der Waals surface area contributed by atoms with E-state index >= 15 is 0 Å². The van der Waals surface area contributed by atoms with Crippen molar-refractivity contribution in [1.29, 1.82) is 0 Å². The van der Waals surface area contributed by atoms with Crippen LogP contribution in [-0.4, -0.2) is 41.3 Å². The fraction of sp³-hybridized carbons (Fsp3) is 0.632. The van der Waals surface area contributed by atoms with E-state index in [-0.39, 0.29) is 11.3 Å². The van der Waals surface area contributed by atoms with Crippen molar-refractivity contribution in [2.75, 3.05) is 18.0 Å². The second-order valence-electron chi connectivity index (χ2n) is 8.36. The van der Waals surface area contributed by atoms with Crippen LogP contribution in [0.2, 0.25) is 0 Å². The maximum atomic E-state index is 11.7. The molecule has 2 heterocycles. The molecule has 0 bridgehead atoms. The zero-order valence-electron chi connectivity index (χ0n) is 15.1. The number of benzene rings is 1. The van der Waals surface area contributed by atoms with Crippen molar-refractivity contribution < 1.29 is 9.90 Å². The molecule has 0 spiro atoms. The fourth-order valence-corrected chi connectivity index (χ4v) is 5.12. The van der Waals surface area contributed by atoms with Gasteiger partial charge in [0.2, 0.25) is 0 Å². The summed E-state index contributed by atoms with van der Waals surface area (Å²) in [5.41, 5.74) is 4.01. The standard InChI is InChI=1S/C19H27BrN2O2/c1-11(2)22-15-7-6-14(20)12-8-9-21(18(23)24)10-13(16(12)15)17(22)19(3,4)5/h6-7,11,13,17H,8-10H2,1-5H3,(H,23,24)/t13-,17?/m0/s1. The molecule has 0 saturated carbocycles. The molecule has 24 heavy (non-hydrogen) atoms. The second kappa shape index (κ2) is 5.94. The molecule has 0 saturated heterocycles. The average molecular weight is 395 g/mol. The van der Waals surface area contributed by atoms with Crippen LogP contribution in [0.3, 0.4) is 0 Å². The van der Waals surface area contributed by atoms with Gasteiger partial charge in [-0.3, -0.25) is 0 Å². The quantitative estimate of drug-likeness (QED) is 0.749. The van der Waals surface area contributed by atoms with Crippen molar-refractivity contribution in [1.82, 2.24) is 4.90 Å². The second-order valence-corrected chi connectivity index (χ2v) is 9.21. The zero-order valence-corrected chi connectivity index (χ0v) is 16.7. The normalized spacial score (nSPS) is 23.5. The smallest absolute Gasteiger partial charge is 0.407 e. The van der Waals surface area contributed by atoms with Crippen LogP contribution in [0.25, 0.3) is 0 Å². The first-order valence-electron chi connectivity index (χ1n) is 8.70. The van der Waals surface area contributed by atoms with Gasteiger partial charge in [0, 0.05) is 41.3 Å². The number of rotatable bonds is 1. The number of nitrogens with zero attached hydrogens (tertiary/aromatic N) is 2. The molecule has 1 aromatic carbocycles. The first-order valence-corrected chi connectivity index (χ1v) is 9.49. The number of halogens is 1. The maximum absolute atomic E-state index is 11.7. The van der Waals surface area contributed by atoms with E-state index in [0.717, 1.165) is 10.9 Å². The summed E-state index contributed by atoms with van der Waals surface area (Å²) >= 11 is 3.71. The Morgan fingerprint density at radius 1 is 1.33 bits per heavy atom. The molecule has 2 atom stereocenters. The van der Waals surface area contributed by atoms with Crippen molar-refractivity contribution in [3.63, 3.8) is 0 Å². The van der Waals surface area contributed by atoms with Crippen molar-refractivity contribution in [3.8, 4) is 0 Å². The number of hydrogen-bond acceptors (Lipinski definition) is 2. The Kier molecular flexibility index (Phi) is 4.35. The molecule has 0 aliphatic carbocycles. The number of carbonyl (C=O) groups is 1. The summed E-state index contributed by atoms with van der Waals surface area (Å²) in [6.07, 6.45) is -0.0360. The number of hydrogen-bond donors (Lipinski definition) is 1. The van der Waals surface area contributed by atoms with Crippen LogP contribution < -0.4 is 4.90 Å². The molecule has 4 nitrogen and oxygen atoms in total. The van der Waals surface area contributed by atoms with Gasteiger partial charge in [0.05, 0.1) is 0 Å². The van der Waals surface area contributed by atoms with Crippen molar-refractivity contribution in [3.05, 3.63) is 27.7 Å². The SMILES string of the molecule is CC(C)N1c2ccc(Br)c3c2[C@H](CN(C(=O)O)CC3)C1C(C)(C)C. The molecule has 5 heteroatoms. The first kappa shape index (κ1) is 17.6. The van der Waals surface area contributed by atoms with Crippen LogP contribution in [0, 0.1) is 5.41 Å². The van der Waals surface area contributed by atoms with Gasteiger partial charge < -0.3 is 14.9 Å². The third-order valence-corrected chi connectivity index (χ3v) is 6.11. The minimum absolute atomic E-state index is 0.0617. The van der Waals surface area contributed by atoms with Crippen LogP contribution in [0.4, 0.5) is 10.5 Å². The van der Waals surface area contributed by atoms with E-state index < -0.39 is 6.09 Å². The Bertz CT molecular complexity index is 666. The molecule has 0 fully saturated rings. The van der Waals surface area contributed by atoms with Crippen molar-refractivity contribution in [2.45, 2.75) is 59.0 Å². The van der Waals surface area contributed by atoms with Crippen molar-refractivity contribution >= 4 is 27.7 Å². The summed E-state index contributed by atoms with van der Waals surface area (Å²) < 4.78 is 1.11. The third kappa shape index (κ3) is 2.71. The van der Waals surface area contributed by atoms with Crippen LogP contribution >= 0.6 is 15.9 Å². The number of carboxylic acid groups (broad SMARTS) is 1. The predicted molar refractivity (Wildman–Crippen MR) is 101 cm³/mol. The van der Waals surface area contributed by atoms with Gasteiger partial charge in [-0.1, -0.05) is 36.7 Å². The summed E-state index contributed by atoms with van der Waals surface area (Å²) in [6.45, 7) is 12.4. The molecule has 0 aromatic heterocycles. The van der Waals surface area contributed by atoms with Gasteiger partial charge in [-0.15, -0.1) is 0 Å². The molecular weight excluding hydrogens is 368 g/mol. The average Bonchev–Trinajstić information content (AvgIpc) is 2.65. The summed E-state index contributed by atoms with van der Waals surface area (Å²) in [7, 11) is 0. The van der Waals surface area contributed by atoms with E-state index in [1.54, 1.807) is 4.90 Å². The summed E-state index contributed by atoms with van der Waals surface area (Å²) in [4.78, 5) is 15.8. The minimum atomic E-state index is -0.809. The Labute approximate surface area is 153 Å². The summed E-state index contributed by atoms with van der Waals surface area (Å²) in [6, 6.07) is 5.00. The van der Waals surface area contributed by atoms with Gasteiger partial charge in [0.25, 0.3) is 0 Å². The third-order valence-electron chi connectivity index (χ3n) is 5.37. The van der Waals surface area contributed by atoms with Gasteiger partial charge in [-0.25, -0.2) is 4.79 Å². The highest BCUT2D eigenvalue weighted by Crippen LogP contribution is 2.52. The largest absolute Gasteiger partial charge is 0.465 e. The van der Waals surface area contributed by atoms with Gasteiger partial charge in [0.1, 0.15) is 0 Å². The van der Waals surface area contributed by atoms with Crippen LogP contribution in [0.5, 0.6) is 0 Å². The molecular formula is C19H27BrN2O2. The van der Waals surface area contributed by atoms with Gasteiger partial charge >= 0.3 is 6.09 Å². The summed E-state index contributed by atoms with van der Waals surface area (Å²) in [5, 5.41) is 9.61. The molecule has 1 aromatic rings. The van der Waals surface area contributed by atoms with Gasteiger partial charge in [-0.05, 0) is 48.9 Å². The lowest BCUT2D eigenvalue weighted by Crippen LogP contribution is -2.49. The molecule has 0 radical (unpaired) electrons. The van der Waals surface area contributed by atoms with Crippen LogP contribution in [-0.2, 0) is 6.42 Å². The van der Waals surface area contributed by atoms with Gasteiger partial charge in [-0.2, -0.15) is 0 Å². The van der Waals surface area contributed by atoms with Gasteiger partial charge in [0.15, 0.2) is 0 Å². The fourth-order valence-electron chi connectivity index (χ4n) is 4.58. The molecule has 2 aliphatic heterocycles. The topological polar surface area (TPSA) is 43.8 Å².